The zero-order valence-corrected chi connectivity index (χ0v) is 20.7. The van der Waals surface area contributed by atoms with Gasteiger partial charge in [-0.15, -0.1) is 11.3 Å². The second-order valence-electron chi connectivity index (χ2n) is 6.82. The van der Waals surface area contributed by atoms with E-state index in [0.29, 0.717) is 22.0 Å². The van der Waals surface area contributed by atoms with Crippen molar-refractivity contribution in [1.82, 2.24) is 0 Å². The lowest BCUT2D eigenvalue weighted by Gasteiger charge is -2.09. The van der Waals surface area contributed by atoms with Gasteiger partial charge >= 0.3 is 5.97 Å². The van der Waals surface area contributed by atoms with E-state index in [0.717, 1.165) is 11.3 Å². The molecular weight excluding hydrogens is 503 g/mol. The summed E-state index contributed by atoms with van der Waals surface area (Å²) in [7, 11) is 2.70. The monoisotopic (exact) mass is 522 g/mol. The van der Waals surface area contributed by atoms with E-state index in [1.807, 2.05) is 0 Å². The third-order valence-corrected chi connectivity index (χ3v) is 6.34. The first kappa shape index (κ1) is 25.4. The molecule has 0 saturated carbocycles. The van der Waals surface area contributed by atoms with Crippen molar-refractivity contribution in [3.05, 3.63) is 68.5 Å². The van der Waals surface area contributed by atoms with Crippen molar-refractivity contribution in [3.8, 4) is 11.5 Å². The zero-order valence-electron chi connectivity index (χ0n) is 18.4. The standard InChI is InChI=1S/C23H20Cl2N2O6S/c1-12-19(23(30)32-3)22(27-18(28)11-33-16-9-8-13(24)10-14(16)25)34-20(12)21(29)26-15-6-4-5-7-17(15)31-2/h4-10H,11H2,1-3H3,(H,26,29)(H,27,28). The summed E-state index contributed by atoms with van der Waals surface area (Å²) in [6, 6.07) is 11.5. The van der Waals surface area contributed by atoms with Crippen LogP contribution in [0.5, 0.6) is 11.5 Å². The number of halogens is 2. The maximum Gasteiger partial charge on any atom is 0.341 e. The van der Waals surface area contributed by atoms with Crippen LogP contribution in [0, 0.1) is 6.92 Å². The van der Waals surface area contributed by atoms with Crippen LogP contribution in [0.4, 0.5) is 10.7 Å². The van der Waals surface area contributed by atoms with Crippen molar-refractivity contribution in [2.45, 2.75) is 6.92 Å². The lowest BCUT2D eigenvalue weighted by Crippen LogP contribution is -2.21. The summed E-state index contributed by atoms with van der Waals surface area (Å²) in [4.78, 5) is 38.1. The van der Waals surface area contributed by atoms with E-state index in [4.69, 9.17) is 37.4 Å². The number of esters is 1. The highest BCUT2D eigenvalue weighted by atomic mass is 35.5. The van der Waals surface area contributed by atoms with Gasteiger partial charge in [-0.25, -0.2) is 4.79 Å². The van der Waals surface area contributed by atoms with E-state index in [1.54, 1.807) is 37.3 Å². The SMILES string of the molecule is COC(=O)c1c(NC(=O)COc2ccc(Cl)cc2Cl)sc(C(=O)Nc2ccccc2OC)c1C. The lowest BCUT2D eigenvalue weighted by molar-refractivity contribution is -0.118. The van der Waals surface area contributed by atoms with Crippen LogP contribution in [0.15, 0.2) is 42.5 Å². The molecule has 0 spiro atoms. The molecule has 0 aliphatic heterocycles. The van der Waals surface area contributed by atoms with E-state index in [2.05, 4.69) is 10.6 Å². The number of ether oxygens (including phenoxy) is 3. The number of hydrogen-bond acceptors (Lipinski definition) is 7. The molecule has 8 nitrogen and oxygen atoms in total. The highest BCUT2D eigenvalue weighted by Gasteiger charge is 2.27. The zero-order chi connectivity index (χ0) is 24.8. The summed E-state index contributed by atoms with van der Waals surface area (Å²) in [5, 5.41) is 6.20. The second kappa shape index (κ2) is 11.2. The number of amides is 2. The topological polar surface area (TPSA) is 103 Å². The maximum atomic E-state index is 13.0. The molecule has 0 aliphatic carbocycles. The van der Waals surface area contributed by atoms with Gasteiger partial charge in [0.25, 0.3) is 11.8 Å². The largest absolute Gasteiger partial charge is 0.495 e. The molecule has 0 unspecified atom stereocenters. The van der Waals surface area contributed by atoms with Crippen molar-refractivity contribution in [2.24, 2.45) is 0 Å². The summed E-state index contributed by atoms with van der Waals surface area (Å²) in [5.74, 6) is -0.976. The fourth-order valence-corrected chi connectivity index (χ4v) is 4.56. The highest BCUT2D eigenvalue weighted by molar-refractivity contribution is 7.19. The van der Waals surface area contributed by atoms with Crippen LogP contribution in [0.3, 0.4) is 0 Å². The third kappa shape index (κ3) is 5.80. The number of thiophene rings is 1. The minimum atomic E-state index is -0.693. The maximum absolute atomic E-state index is 13.0. The van der Waals surface area contributed by atoms with E-state index in [9.17, 15) is 14.4 Å². The molecule has 3 aromatic rings. The number of anilines is 2. The molecule has 3 rings (SSSR count). The van der Waals surface area contributed by atoms with Gasteiger partial charge in [0.2, 0.25) is 0 Å². The molecule has 0 aliphatic rings. The number of para-hydroxylation sites is 2. The van der Waals surface area contributed by atoms with Crippen LogP contribution in [-0.4, -0.2) is 38.6 Å². The van der Waals surface area contributed by atoms with Gasteiger partial charge in [0.05, 0.1) is 35.4 Å². The molecule has 0 fully saturated rings. The van der Waals surface area contributed by atoms with Crippen molar-refractivity contribution in [2.75, 3.05) is 31.5 Å². The van der Waals surface area contributed by atoms with Crippen molar-refractivity contribution in [1.29, 1.82) is 0 Å². The summed E-state index contributed by atoms with van der Waals surface area (Å²) in [6.45, 7) is 1.21. The van der Waals surface area contributed by atoms with Gasteiger partial charge in [-0.1, -0.05) is 35.3 Å². The first-order chi connectivity index (χ1) is 16.2. The Morgan fingerprint density at radius 1 is 1.00 bits per heavy atom. The van der Waals surface area contributed by atoms with Gasteiger partial charge in [-0.05, 0) is 42.8 Å². The molecule has 1 heterocycles. The van der Waals surface area contributed by atoms with Gasteiger partial charge in [-0.3, -0.25) is 9.59 Å². The molecule has 0 bridgehead atoms. The summed E-state index contributed by atoms with van der Waals surface area (Å²) >= 11 is 12.9. The quantitative estimate of drug-likeness (QED) is 0.382. The van der Waals surface area contributed by atoms with Gasteiger partial charge in [-0.2, -0.15) is 0 Å². The number of hydrogen-bond donors (Lipinski definition) is 2. The number of rotatable bonds is 8. The Hall–Kier alpha value is -3.27. The van der Waals surface area contributed by atoms with Crippen LogP contribution in [0.25, 0.3) is 0 Å². The molecule has 0 radical (unpaired) electrons. The fraction of sp³-hybridized carbons (Fsp3) is 0.174. The predicted octanol–water partition coefficient (Wildman–Crippen LogP) is 5.43. The Balaban J connectivity index is 1.81. The van der Waals surface area contributed by atoms with Gasteiger partial charge in [0, 0.05) is 5.02 Å². The van der Waals surface area contributed by atoms with E-state index in [1.165, 1.54) is 26.4 Å². The van der Waals surface area contributed by atoms with E-state index < -0.39 is 17.8 Å². The Kier molecular flexibility index (Phi) is 8.38. The average molecular weight is 523 g/mol. The Morgan fingerprint density at radius 3 is 2.41 bits per heavy atom. The molecule has 34 heavy (non-hydrogen) atoms. The lowest BCUT2D eigenvalue weighted by atomic mass is 10.1. The number of methoxy groups -OCH3 is 2. The normalized spacial score (nSPS) is 10.4. The molecular formula is C23H20Cl2N2O6S. The van der Waals surface area contributed by atoms with Gasteiger partial charge in [0.15, 0.2) is 6.61 Å². The Labute approximate surface area is 209 Å². The number of carbonyl (C=O) groups excluding carboxylic acids is 3. The highest BCUT2D eigenvalue weighted by Crippen LogP contribution is 2.35. The minimum absolute atomic E-state index is 0.0792. The number of benzene rings is 2. The third-order valence-electron chi connectivity index (χ3n) is 4.60. The molecule has 0 atom stereocenters. The summed E-state index contributed by atoms with van der Waals surface area (Å²) in [6.07, 6.45) is 0. The van der Waals surface area contributed by atoms with Crippen molar-refractivity contribution >= 4 is 63.0 Å². The van der Waals surface area contributed by atoms with Crippen LogP contribution >= 0.6 is 34.5 Å². The first-order valence-electron chi connectivity index (χ1n) is 9.79. The molecule has 178 valence electrons. The number of carbonyl (C=O) groups is 3. The molecule has 2 N–H and O–H groups in total. The average Bonchev–Trinajstić information content (AvgIpc) is 3.13. The van der Waals surface area contributed by atoms with Crippen LogP contribution in [-0.2, 0) is 9.53 Å². The van der Waals surface area contributed by atoms with Crippen LogP contribution < -0.4 is 20.1 Å². The minimum Gasteiger partial charge on any atom is -0.495 e. The molecule has 11 heteroatoms. The Bertz CT molecular complexity index is 1240. The summed E-state index contributed by atoms with van der Waals surface area (Å²) in [5.41, 5.74) is 0.901. The van der Waals surface area contributed by atoms with Crippen molar-refractivity contribution in [3.63, 3.8) is 0 Å². The van der Waals surface area contributed by atoms with Crippen LogP contribution in [0.1, 0.15) is 25.6 Å². The molecule has 2 aromatic carbocycles. The molecule has 1 aromatic heterocycles. The fourth-order valence-electron chi connectivity index (χ4n) is 2.99. The summed E-state index contributed by atoms with van der Waals surface area (Å²) < 4.78 is 15.5. The first-order valence-corrected chi connectivity index (χ1v) is 11.4. The van der Waals surface area contributed by atoms with Gasteiger partial charge in [0.1, 0.15) is 16.5 Å². The van der Waals surface area contributed by atoms with Crippen LogP contribution in [0.2, 0.25) is 10.0 Å². The van der Waals surface area contributed by atoms with E-state index >= 15 is 0 Å². The predicted molar refractivity (Wildman–Crippen MR) is 132 cm³/mol. The van der Waals surface area contributed by atoms with Gasteiger partial charge < -0.3 is 24.8 Å². The molecule has 2 amide bonds. The number of nitrogens with one attached hydrogen (secondary N) is 2. The Morgan fingerprint density at radius 2 is 1.74 bits per heavy atom. The van der Waals surface area contributed by atoms with Crippen molar-refractivity contribution < 1.29 is 28.6 Å². The second-order valence-corrected chi connectivity index (χ2v) is 8.68. The molecule has 0 saturated heterocycles. The van der Waals surface area contributed by atoms with E-state index in [-0.39, 0.29) is 32.8 Å². The smallest absolute Gasteiger partial charge is 0.341 e.